The maximum Gasteiger partial charge on any atom is 0.257 e. The van der Waals surface area contributed by atoms with Gasteiger partial charge in [-0.15, -0.1) is 0 Å². The molecule has 2 aromatic rings. The van der Waals surface area contributed by atoms with Gasteiger partial charge in [0.1, 0.15) is 0 Å². The third kappa shape index (κ3) is 3.58. The SMILES string of the molecule is Cc1ccc(Cl)cc1C(=O)Nc1ncc(C#CCN)s1. The van der Waals surface area contributed by atoms with Crippen LogP contribution in [0.15, 0.2) is 24.4 Å². The Morgan fingerprint density at radius 1 is 1.55 bits per heavy atom. The maximum atomic E-state index is 12.2. The van der Waals surface area contributed by atoms with Gasteiger partial charge in [-0.05, 0) is 24.6 Å². The number of nitrogens with one attached hydrogen (secondary N) is 1. The van der Waals surface area contributed by atoms with Gasteiger partial charge in [-0.25, -0.2) is 4.98 Å². The molecule has 1 heterocycles. The molecule has 102 valence electrons. The second-order valence-corrected chi connectivity index (χ2v) is 5.42. The van der Waals surface area contributed by atoms with Crippen LogP contribution in [0.3, 0.4) is 0 Å². The van der Waals surface area contributed by atoms with Gasteiger partial charge in [-0.2, -0.15) is 0 Å². The zero-order valence-electron chi connectivity index (χ0n) is 10.7. The minimum Gasteiger partial charge on any atom is -0.320 e. The fourth-order valence-corrected chi connectivity index (χ4v) is 2.39. The topological polar surface area (TPSA) is 68.0 Å². The van der Waals surface area contributed by atoms with Gasteiger partial charge in [0.05, 0.1) is 17.6 Å². The summed E-state index contributed by atoms with van der Waals surface area (Å²) in [5.41, 5.74) is 6.68. The lowest BCUT2D eigenvalue weighted by molar-refractivity contribution is 0.102. The van der Waals surface area contributed by atoms with E-state index in [2.05, 4.69) is 22.1 Å². The number of carbonyl (C=O) groups excluding carboxylic acids is 1. The van der Waals surface area contributed by atoms with Crippen molar-refractivity contribution in [2.45, 2.75) is 6.92 Å². The number of thiazole rings is 1. The smallest absolute Gasteiger partial charge is 0.257 e. The second-order valence-electron chi connectivity index (χ2n) is 3.95. The standard InChI is InChI=1S/C14H12ClN3OS/c1-9-4-5-10(15)7-12(9)13(19)18-14-17-8-11(20-14)3-2-6-16/h4-5,7-8H,6,16H2,1H3,(H,17,18,19). The molecule has 0 bridgehead atoms. The summed E-state index contributed by atoms with van der Waals surface area (Å²) in [7, 11) is 0. The van der Waals surface area contributed by atoms with E-state index in [1.165, 1.54) is 11.3 Å². The number of carbonyl (C=O) groups is 1. The zero-order chi connectivity index (χ0) is 14.5. The third-order valence-corrected chi connectivity index (χ3v) is 3.55. The molecule has 0 aliphatic carbocycles. The molecular weight excluding hydrogens is 294 g/mol. The van der Waals surface area contributed by atoms with E-state index in [9.17, 15) is 4.79 Å². The van der Waals surface area contributed by atoms with E-state index in [1.807, 2.05) is 6.92 Å². The molecule has 0 aliphatic rings. The molecule has 1 amide bonds. The van der Waals surface area contributed by atoms with Crippen molar-refractivity contribution in [1.29, 1.82) is 0 Å². The second kappa shape index (κ2) is 6.53. The number of hydrogen-bond acceptors (Lipinski definition) is 4. The predicted molar refractivity (Wildman–Crippen MR) is 82.2 cm³/mol. The number of amides is 1. The van der Waals surface area contributed by atoms with Gasteiger partial charge >= 0.3 is 0 Å². The lowest BCUT2D eigenvalue weighted by Crippen LogP contribution is -2.13. The average Bonchev–Trinajstić information content (AvgIpc) is 2.86. The highest BCUT2D eigenvalue weighted by atomic mass is 35.5. The normalized spacial score (nSPS) is 9.75. The number of benzene rings is 1. The summed E-state index contributed by atoms with van der Waals surface area (Å²) in [6.07, 6.45) is 1.60. The number of aromatic nitrogens is 1. The summed E-state index contributed by atoms with van der Waals surface area (Å²) in [5.74, 6) is 5.37. The van der Waals surface area contributed by atoms with Crippen LogP contribution in [0.5, 0.6) is 0 Å². The highest BCUT2D eigenvalue weighted by Crippen LogP contribution is 2.20. The quantitative estimate of drug-likeness (QED) is 0.838. The van der Waals surface area contributed by atoms with Gasteiger partial charge in [0, 0.05) is 10.6 Å². The molecule has 0 saturated heterocycles. The molecular formula is C14H12ClN3OS. The number of nitrogens with two attached hydrogens (primary N) is 1. The van der Waals surface area contributed by atoms with Crippen LogP contribution < -0.4 is 11.1 Å². The summed E-state index contributed by atoms with van der Waals surface area (Å²) < 4.78 is 0. The number of nitrogens with zero attached hydrogens (tertiary/aromatic N) is 1. The number of anilines is 1. The monoisotopic (exact) mass is 305 g/mol. The molecule has 3 N–H and O–H groups in total. The minimum absolute atomic E-state index is 0.238. The van der Waals surface area contributed by atoms with Crippen LogP contribution in [0.1, 0.15) is 20.8 Å². The Balaban J connectivity index is 2.15. The maximum absolute atomic E-state index is 12.2. The molecule has 4 nitrogen and oxygen atoms in total. The van der Waals surface area contributed by atoms with E-state index in [0.29, 0.717) is 22.3 Å². The largest absolute Gasteiger partial charge is 0.320 e. The number of halogens is 1. The highest BCUT2D eigenvalue weighted by molar-refractivity contribution is 7.16. The summed E-state index contributed by atoms with van der Waals surface area (Å²) in [4.78, 5) is 17.0. The Morgan fingerprint density at radius 3 is 3.10 bits per heavy atom. The molecule has 0 aliphatic heterocycles. The van der Waals surface area contributed by atoms with E-state index < -0.39 is 0 Å². The van der Waals surface area contributed by atoms with Crippen LogP contribution in [0, 0.1) is 18.8 Å². The van der Waals surface area contributed by atoms with Crippen molar-refractivity contribution in [2.24, 2.45) is 5.73 Å². The van der Waals surface area contributed by atoms with E-state index in [1.54, 1.807) is 24.4 Å². The first kappa shape index (κ1) is 14.5. The minimum atomic E-state index is -0.238. The van der Waals surface area contributed by atoms with Gasteiger partial charge < -0.3 is 5.73 Å². The van der Waals surface area contributed by atoms with Crippen LogP contribution in [-0.4, -0.2) is 17.4 Å². The van der Waals surface area contributed by atoms with Gasteiger partial charge in [0.15, 0.2) is 5.13 Å². The molecule has 0 radical (unpaired) electrons. The van der Waals surface area contributed by atoms with Crippen molar-refractivity contribution in [3.05, 3.63) is 45.4 Å². The summed E-state index contributed by atoms with van der Waals surface area (Å²) >= 11 is 7.20. The predicted octanol–water partition coefficient (Wildman–Crippen LogP) is 2.67. The van der Waals surface area contributed by atoms with Gasteiger partial charge in [0.2, 0.25) is 0 Å². The van der Waals surface area contributed by atoms with Gasteiger partial charge in [-0.1, -0.05) is 40.8 Å². The van der Waals surface area contributed by atoms with E-state index in [0.717, 1.165) is 10.4 Å². The molecule has 6 heteroatoms. The van der Waals surface area contributed by atoms with E-state index in [-0.39, 0.29) is 5.91 Å². The van der Waals surface area contributed by atoms with Crippen LogP contribution >= 0.6 is 22.9 Å². The molecule has 0 saturated carbocycles. The third-order valence-electron chi connectivity index (χ3n) is 2.48. The Hall–Kier alpha value is -1.87. The Morgan fingerprint density at radius 2 is 2.35 bits per heavy atom. The first-order chi connectivity index (χ1) is 9.60. The molecule has 20 heavy (non-hydrogen) atoms. The number of aryl methyl sites for hydroxylation is 1. The van der Waals surface area contributed by atoms with Crippen LogP contribution in [0.25, 0.3) is 0 Å². The summed E-state index contributed by atoms with van der Waals surface area (Å²) in [6, 6.07) is 5.18. The van der Waals surface area contributed by atoms with E-state index >= 15 is 0 Å². The fraction of sp³-hybridized carbons (Fsp3) is 0.143. The number of rotatable bonds is 2. The fourth-order valence-electron chi connectivity index (χ4n) is 1.53. The van der Waals surface area contributed by atoms with E-state index in [4.69, 9.17) is 17.3 Å². The summed E-state index contributed by atoms with van der Waals surface area (Å²) in [6.45, 7) is 2.15. The molecule has 0 fully saturated rings. The number of hydrogen-bond donors (Lipinski definition) is 2. The van der Waals surface area contributed by atoms with Crippen molar-refractivity contribution in [2.75, 3.05) is 11.9 Å². The van der Waals surface area contributed by atoms with Gasteiger partial charge in [0.25, 0.3) is 5.91 Å². The first-order valence-corrected chi connectivity index (χ1v) is 7.02. The Labute approximate surface area is 126 Å². The Bertz CT molecular complexity index is 700. The van der Waals surface area contributed by atoms with Crippen molar-refractivity contribution in [3.8, 4) is 11.8 Å². The summed E-state index contributed by atoms with van der Waals surface area (Å²) in [5, 5.41) is 3.75. The van der Waals surface area contributed by atoms with Crippen molar-refractivity contribution in [3.63, 3.8) is 0 Å². The molecule has 2 rings (SSSR count). The first-order valence-electron chi connectivity index (χ1n) is 5.82. The molecule has 1 aromatic carbocycles. The van der Waals surface area contributed by atoms with Crippen LogP contribution in [-0.2, 0) is 0 Å². The lowest BCUT2D eigenvalue weighted by Gasteiger charge is -2.05. The molecule has 0 unspecified atom stereocenters. The molecule has 0 spiro atoms. The molecule has 1 aromatic heterocycles. The average molecular weight is 306 g/mol. The van der Waals surface area contributed by atoms with Gasteiger partial charge in [-0.3, -0.25) is 10.1 Å². The van der Waals surface area contributed by atoms with Crippen LogP contribution in [0.4, 0.5) is 5.13 Å². The van der Waals surface area contributed by atoms with Crippen molar-refractivity contribution >= 4 is 34.0 Å². The molecule has 0 atom stereocenters. The lowest BCUT2D eigenvalue weighted by atomic mass is 10.1. The zero-order valence-corrected chi connectivity index (χ0v) is 12.3. The Kier molecular flexibility index (Phi) is 4.74. The van der Waals surface area contributed by atoms with Crippen molar-refractivity contribution in [1.82, 2.24) is 4.98 Å². The van der Waals surface area contributed by atoms with Crippen LogP contribution in [0.2, 0.25) is 5.02 Å². The van der Waals surface area contributed by atoms with Crippen molar-refractivity contribution < 1.29 is 4.79 Å². The highest BCUT2D eigenvalue weighted by Gasteiger charge is 2.11.